The summed E-state index contributed by atoms with van der Waals surface area (Å²) in [4.78, 5) is 11.9. The van der Waals surface area contributed by atoms with Gasteiger partial charge in [0.05, 0.1) is 0 Å². The van der Waals surface area contributed by atoms with E-state index in [1.807, 2.05) is 49.4 Å². The molecule has 0 aliphatic carbocycles. The van der Waals surface area contributed by atoms with E-state index in [0.717, 1.165) is 11.4 Å². The Morgan fingerprint density at radius 1 is 1.00 bits per heavy atom. The lowest BCUT2D eigenvalue weighted by molar-refractivity contribution is -0.115. The van der Waals surface area contributed by atoms with Gasteiger partial charge in [-0.3, -0.25) is 4.79 Å². The molecule has 4 heteroatoms. The third-order valence-electron chi connectivity index (χ3n) is 3.32. The monoisotopic (exact) mass is 302 g/mol. The van der Waals surface area contributed by atoms with E-state index < -0.39 is 0 Å². The molecule has 0 aromatic heterocycles. The quantitative estimate of drug-likeness (QED) is 0.859. The second-order valence-electron chi connectivity index (χ2n) is 5.03. The van der Waals surface area contributed by atoms with Crippen LogP contribution in [0, 0.1) is 13.8 Å². The van der Waals surface area contributed by atoms with Crippen molar-refractivity contribution >= 4 is 28.9 Å². The van der Waals surface area contributed by atoms with Gasteiger partial charge in [-0.2, -0.15) is 0 Å². The molecule has 2 N–H and O–H groups in total. The molecule has 21 heavy (non-hydrogen) atoms. The van der Waals surface area contributed by atoms with Crippen molar-refractivity contribution in [3.8, 4) is 0 Å². The molecule has 0 atom stereocenters. The Morgan fingerprint density at radius 2 is 1.67 bits per heavy atom. The van der Waals surface area contributed by atoms with Crippen LogP contribution in [0.15, 0.2) is 42.5 Å². The Balaban J connectivity index is 1.79. The summed E-state index contributed by atoms with van der Waals surface area (Å²) >= 11 is 5.82. The van der Waals surface area contributed by atoms with Crippen molar-refractivity contribution < 1.29 is 4.79 Å². The lowest BCUT2D eigenvalue weighted by atomic mass is 10.1. The fourth-order valence-corrected chi connectivity index (χ4v) is 2.06. The van der Waals surface area contributed by atoms with Crippen LogP contribution in [0.2, 0.25) is 5.02 Å². The van der Waals surface area contributed by atoms with Crippen molar-refractivity contribution in [1.82, 2.24) is 0 Å². The molecule has 2 aromatic carbocycles. The van der Waals surface area contributed by atoms with Crippen molar-refractivity contribution in [2.24, 2.45) is 0 Å². The number of nitrogens with one attached hydrogen (secondary N) is 2. The fraction of sp³-hybridized carbons (Fsp3) is 0.235. The van der Waals surface area contributed by atoms with Crippen LogP contribution in [0.5, 0.6) is 0 Å². The first kappa shape index (κ1) is 15.4. The van der Waals surface area contributed by atoms with Gasteiger partial charge < -0.3 is 10.6 Å². The van der Waals surface area contributed by atoms with Crippen LogP contribution in [0.4, 0.5) is 11.4 Å². The van der Waals surface area contributed by atoms with Gasteiger partial charge in [0, 0.05) is 29.4 Å². The summed E-state index contributed by atoms with van der Waals surface area (Å²) in [5.41, 5.74) is 4.19. The number of rotatable bonds is 5. The zero-order chi connectivity index (χ0) is 15.2. The summed E-state index contributed by atoms with van der Waals surface area (Å²) in [5.74, 6) is -0.000262. The third kappa shape index (κ3) is 4.80. The van der Waals surface area contributed by atoms with Gasteiger partial charge in [-0.1, -0.05) is 17.7 Å². The average Bonchev–Trinajstić information content (AvgIpc) is 2.45. The summed E-state index contributed by atoms with van der Waals surface area (Å²) in [6.45, 7) is 4.67. The molecule has 2 aromatic rings. The second-order valence-corrected chi connectivity index (χ2v) is 5.47. The molecule has 0 radical (unpaired) electrons. The Labute approximate surface area is 130 Å². The van der Waals surface area contributed by atoms with Gasteiger partial charge in [-0.15, -0.1) is 0 Å². The van der Waals surface area contributed by atoms with E-state index >= 15 is 0 Å². The molecule has 1 amide bonds. The van der Waals surface area contributed by atoms with Crippen LogP contribution in [0.3, 0.4) is 0 Å². The van der Waals surface area contributed by atoms with Crippen LogP contribution >= 0.6 is 11.6 Å². The minimum absolute atomic E-state index is 0.000262. The smallest absolute Gasteiger partial charge is 0.226 e. The van der Waals surface area contributed by atoms with Crippen LogP contribution in [-0.2, 0) is 4.79 Å². The van der Waals surface area contributed by atoms with Crippen molar-refractivity contribution in [3.63, 3.8) is 0 Å². The van der Waals surface area contributed by atoms with Crippen molar-refractivity contribution in [1.29, 1.82) is 0 Å². The Morgan fingerprint density at radius 3 is 2.33 bits per heavy atom. The Kier molecular flexibility index (Phi) is 5.23. The summed E-state index contributed by atoms with van der Waals surface area (Å²) in [6.07, 6.45) is 0.412. The first-order valence-corrected chi connectivity index (χ1v) is 7.29. The molecular formula is C17H19ClN2O. The Bertz CT molecular complexity index is 623. The second kappa shape index (κ2) is 7.14. The zero-order valence-electron chi connectivity index (χ0n) is 12.2. The molecule has 0 saturated heterocycles. The number of aryl methyl sites for hydroxylation is 2. The molecular weight excluding hydrogens is 284 g/mol. The van der Waals surface area contributed by atoms with E-state index in [1.165, 1.54) is 11.1 Å². The summed E-state index contributed by atoms with van der Waals surface area (Å²) in [5, 5.41) is 6.80. The largest absolute Gasteiger partial charge is 0.385 e. The van der Waals surface area contributed by atoms with E-state index in [-0.39, 0.29) is 5.91 Å². The van der Waals surface area contributed by atoms with Gasteiger partial charge >= 0.3 is 0 Å². The maximum absolute atomic E-state index is 11.9. The number of carbonyl (C=O) groups is 1. The normalized spacial score (nSPS) is 10.2. The molecule has 2 rings (SSSR count). The van der Waals surface area contributed by atoms with E-state index in [4.69, 9.17) is 11.6 Å². The van der Waals surface area contributed by atoms with E-state index in [9.17, 15) is 4.79 Å². The van der Waals surface area contributed by atoms with Gasteiger partial charge in [0.15, 0.2) is 0 Å². The van der Waals surface area contributed by atoms with E-state index in [1.54, 1.807) is 0 Å². The molecule has 110 valence electrons. The maximum Gasteiger partial charge on any atom is 0.226 e. The predicted octanol–water partition coefficient (Wildman–Crippen LogP) is 4.40. The van der Waals surface area contributed by atoms with Crippen LogP contribution in [-0.4, -0.2) is 12.5 Å². The topological polar surface area (TPSA) is 41.1 Å². The number of anilines is 2. The maximum atomic E-state index is 11.9. The van der Waals surface area contributed by atoms with Crippen molar-refractivity contribution in [2.75, 3.05) is 17.2 Å². The van der Waals surface area contributed by atoms with Gasteiger partial charge in [0.25, 0.3) is 0 Å². The highest BCUT2D eigenvalue weighted by atomic mass is 35.5. The predicted molar refractivity (Wildman–Crippen MR) is 89.1 cm³/mol. The first-order valence-electron chi connectivity index (χ1n) is 6.91. The van der Waals surface area contributed by atoms with Crippen LogP contribution in [0.1, 0.15) is 17.5 Å². The molecule has 0 aliphatic heterocycles. The molecule has 0 saturated carbocycles. The fourth-order valence-electron chi connectivity index (χ4n) is 1.93. The van der Waals surface area contributed by atoms with Gasteiger partial charge in [-0.05, 0) is 61.4 Å². The molecule has 0 heterocycles. The van der Waals surface area contributed by atoms with E-state index in [2.05, 4.69) is 17.6 Å². The lowest BCUT2D eigenvalue weighted by Crippen LogP contribution is -2.16. The summed E-state index contributed by atoms with van der Waals surface area (Å²) < 4.78 is 0. The average molecular weight is 303 g/mol. The number of hydrogen-bond donors (Lipinski definition) is 2. The molecule has 0 spiro atoms. The minimum Gasteiger partial charge on any atom is -0.385 e. The number of benzene rings is 2. The molecule has 0 unspecified atom stereocenters. The SMILES string of the molecule is Cc1ccc(NC(=O)CCNc2ccc(Cl)cc2)cc1C. The van der Waals surface area contributed by atoms with Crippen LogP contribution < -0.4 is 10.6 Å². The first-order chi connectivity index (χ1) is 10.0. The number of carbonyl (C=O) groups excluding carboxylic acids is 1. The summed E-state index contributed by atoms with van der Waals surface area (Å²) in [7, 11) is 0. The molecule has 3 nitrogen and oxygen atoms in total. The standard InChI is InChI=1S/C17H19ClN2O/c1-12-3-6-16(11-13(12)2)20-17(21)9-10-19-15-7-4-14(18)5-8-15/h3-8,11,19H,9-10H2,1-2H3,(H,20,21). The third-order valence-corrected chi connectivity index (χ3v) is 3.57. The van der Waals surface area contributed by atoms with Crippen molar-refractivity contribution in [3.05, 3.63) is 58.6 Å². The van der Waals surface area contributed by atoms with Gasteiger partial charge in [0.1, 0.15) is 0 Å². The molecule has 0 bridgehead atoms. The lowest BCUT2D eigenvalue weighted by Gasteiger charge is -2.09. The van der Waals surface area contributed by atoms with Crippen molar-refractivity contribution in [2.45, 2.75) is 20.3 Å². The molecule has 0 fully saturated rings. The van der Waals surface area contributed by atoms with Gasteiger partial charge in [0.2, 0.25) is 5.91 Å². The highest BCUT2D eigenvalue weighted by Crippen LogP contribution is 2.15. The highest BCUT2D eigenvalue weighted by Gasteiger charge is 2.03. The van der Waals surface area contributed by atoms with Crippen LogP contribution in [0.25, 0.3) is 0 Å². The van der Waals surface area contributed by atoms with E-state index in [0.29, 0.717) is 18.0 Å². The summed E-state index contributed by atoms with van der Waals surface area (Å²) in [6, 6.07) is 13.3. The zero-order valence-corrected chi connectivity index (χ0v) is 13.0. The number of hydrogen-bond acceptors (Lipinski definition) is 2. The Hall–Kier alpha value is -2.00. The van der Waals surface area contributed by atoms with Gasteiger partial charge in [-0.25, -0.2) is 0 Å². The highest BCUT2D eigenvalue weighted by molar-refractivity contribution is 6.30. The minimum atomic E-state index is -0.000262. The number of amides is 1. The number of halogens is 1. The molecule has 0 aliphatic rings.